The van der Waals surface area contributed by atoms with Gasteiger partial charge in [-0.3, -0.25) is 0 Å². The maximum Gasteiger partial charge on any atom is 0.168 e. The smallest absolute Gasteiger partial charge is 0.168 e. The van der Waals surface area contributed by atoms with Crippen LogP contribution in [0, 0.1) is 23.0 Å². The summed E-state index contributed by atoms with van der Waals surface area (Å²) in [6, 6.07) is 6.86. The summed E-state index contributed by atoms with van der Waals surface area (Å²) in [5.74, 6) is -1.84. The van der Waals surface area contributed by atoms with E-state index in [2.05, 4.69) is 4.98 Å². The number of aromatic nitrogens is 1. The molecule has 0 unspecified atom stereocenters. The lowest BCUT2D eigenvalue weighted by atomic mass is 10.2. The number of pyridine rings is 1. The third kappa shape index (κ3) is 1.19. The van der Waals surface area contributed by atoms with Crippen molar-refractivity contribution in [2.45, 2.75) is 0 Å². The van der Waals surface area contributed by atoms with Crippen LogP contribution in [-0.4, -0.2) is 4.98 Å². The van der Waals surface area contributed by atoms with Crippen molar-refractivity contribution in [2.24, 2.45) is 0 Å². The quantitative estimate of drug-likeness (QED) is 0.639. The van der Waals surface area contributed by atoms with Crippen LogP contribution in [-0.2, 0) is 0 Å². The predicted octanol–water partition coefficient (Wildman–Crippen LogP) is 2.38. The fourth-order valence-electron chi connectivity index (χ4n) is 1.20. The van der Waals surface area contributed by atoms with Gasteiger partial charge in [0, 0.05) is 5.39 Å². The number of nitriles is 1. The van der Waals surface area contributed by atoms with Crippen molar-refractivity contribution in [3.05, 3.63) is 41.6 Å². The Balaban J connectivity index is 2.83. The number of hydrogen-bond donors (Lipinski definition) is 0. The zero-order valence-corrected chi connectivity index (χ0v) is 6.96. The zero-order chi connectivity index (χ0) is 10.1. The lowest BCUT2D eigenvalue weighted by molar-refractivity contribution is 0.517. The van der Waals surface area contributed by atoms with Crippen LogP contribution in [0.4, 0.5) is 8.78 Å². The predicted molar refractivity (Wildman–Crippen MR) is 46.4 cm³/mol. The maximum atomic E-state index is 13.1. The number of rotatable bonds is 0. The van der Waals surface area contributed by atoms with Gasteiger partial charge in [0.15, 0.2) is 11.6 Å². The molecule has 0 N–H and O–H groups in total. The van der Waals surface area contributed by atoms with E-state index in [0.717, 1.165) is 6.07 Å². The number of hydrogen-bond acceptors (Lipinski definition) is 2. The van der Waals surface area contributed by atoms with Crippen LogP contribution in [0.2, 0.25) is 0 Å². The highest BCUT2D eigenvalue weighted by Gasteiger charge is 2.07. The number of halogens is 2. The molecule has 0 aliphatic carbocycles. The molecule has 0 saturated carbocycles. The van der Waals surface area contributed by atoms with E-state index in [-0.39, 0.29) is 16.6 Å². The van der Waals surface area contributed by atoms with E-state index in [4.69, 9.17) is 5.26 Å². The number of benzene rings is 1. The lowest BCUT2D eigenvalue weighted by Gasteiger charge is -1.99. The van der Waals surface area contributed by atoms with E-state index >= 15 is 0 Å². The summed E-state index contributed by atoms with van der Waals surface area (Å²) in [6.45, 7) is 0. The molecule has 68 valence electrons. The second-order valence-corrected chi connectivity index (χ2v) is 2.74. The molecule has 1 heterocycles. The van der Waals surface area contributed by atoms with E-state index < -0.39 is 11.6 Å². The minimum absolute atomic E-state index is 0.0870. The Bertz CT molecular complexity index is 544. The molecule has 2 nitrogen and oxygen atoms in total. The number of nitrogens with zero attached hydrogens (tertiary/aromatic N) is 2. The average Bonchev–Trinajstić information content (AvgIpc) is 2.23. The molecule has 0 radical (unpaired) electrons. The van der Waals surface area contributed by atoms with Gasteiger partial charge in [-0.2, -0.15) is 5.26 Å². The molecule has 14 heavy (non-hydrogen) atoms. The highest BCUT2D eigenvalue weighted by atomic mass is 19.2. The zero-order valence-electron chi connectivity index (χ0n) is 6.96. The minimum Gasteiger partial charge on any atom is -0.237 e. The topological polar surface area (TPSA) is 36.7 Å². The summed E-state index contributed by atoms with van der Waals surface area (Å²) in [7, 11) is 0. The van der Waals surface area contributed by atoms with E-state index in [0.29, 0.717) is 0 Å². The molecule has 2 aromatic rings. The summed E-state index contributed by atoms with van der Waals surface area (Å²) in [6.07, 6.45) is 0. The molecule has 0 spiro atoms. The first-order valence-corrected chi connectivity index (χ1v) is 3.87. The van der Waals surface area contributed by atoms with Crippen molar-refractivity contribution in [1.82, 2.24) is 4.98 Å². The monoisotopic (exact) mass is 190 g/mol. The Kier molecular flexibility index (Phi) is 1.86. The maximum absolute atomic E-state index is 13.1. The molecule has 0 fully saturated rings. The van der Waals surface area contributed by atoms with Crippen LogP contribution >= 0.6 is 0 Å². The van der Waals surface area contributed by atoms with Crippen molar-refractivity contribution in [2.75, 3.05) is 0 Å². The van der Waals surface area contributed by atoms with Gasteiger partial charge in [0.2, 0.25) is 0 Å². The van der Waals surface area contributed by atoms with E-state index in [9.17, 15) is 8.78 Å². The third-order valence-corrected chi connectivity index (χ3v) is 1.87. The molecule has 1 aromatic heterocycles. The highest BCUT2D eigenvalue weighted by molar-refractivity contribution is 5.79. The molecular formula is C10H4F2N2. The highest BCUT2D eigenvalue weighted by Crippen LogP contribution is 2.18. The second kappa shape index (κ2) is 3.04. The first-order valence-electron chi connectivity index (χ1n) is 3.87. The number of fused-ring (bicyclic) bond motifs is 1. The van der Waals surface area contributed by atoms with Gasteiger partial charge >= 0.3 is 0 Å². The normalized spacial score (nSPS) is 10.1. The molecule has 4 heteroatoms. The summed E-state index contributed by atoms with van der Waals surface area (Å²) in [4.78, 5) is 3.83. The van der Waals surface area contributed by atoms with Gasteiger partial charge < -0.3 is 0 Å². The molecule has 0 aliphatic heterocycles. The minimum atomic E-state index is -0.931. The summed E-state index contributed by atoms with van der Waals surface area (Å²) >= 11 is 0. The summed E-state index contributed by atoms with van der Waals surface area (Å²) < 4.78 is 25.9. The molecule has 0 saturated heterocycles. The van der Waals surface area contributed by atoms with Crippen molar-refractivity contribution < 1.29 is 8.78 Å². The van der Waals surface area contributed by atoms with Crippen LogP contribution in [0.3, 0.4) is 0 Å². The fourth-order valence-corrected chi connectivity index (χ4v) is 1.20. The van der Waals surface area contributed by atoms with E-state index in [1.54, 1.807) is 0 Å². The Hall–Kier alpha value is -2.02. The molecule has 0 atom stereocenters. The fraction of sp³-hybridized carbons (Fsp3) is 0. The molecule has 1 aromatic carbocycles. The average molecular weight is 190 g/mol. The van der Waals surface area contributed by atoms with Crippen LogP contribution < -0.4 is 0 Å². The Labute approximate surface area is 78.4 Å². The van der Waals surface area contributed by atoms with Gasteiger partial charge in [0.05, 0.1) is 5.52 Å². The summed E-state index contributed by atoms with van der Waals surface area (Å²) in [5.41, 5.74) is 0.464. The molecule has 0 amide bonds. The second-order valence-electron chi connectivity index (χ2n) is 2.74. The van der Waals surface area contributed by atoms with Gasteiger partial charge in [0.1, 0.15) is 11.8 Å². The van der Waals surface area contributed by atoms with Crippen molar-refractivity contribution in [1.29, 1.82) is 5.26 Å². The Morgan fingerprint density at radius 1 is 1.14 bits per heavy atom. The van der Waals surface area contributed by atoms with Gasteiger partial charge in [-0.1, -0.05) is 0 Å². The first-order chi connectivity index (χ1) is 6.72. The van der Waals surface area contributed by atoms with E-state index in [1.165, 1.54) is 18.2 Å². The van der Waals surface area contributed by atoms with Crippen LogP contribution in [0.1, 0.15) is 5.69 Å². The largest absolute Gasteiger partial charge is 0.237 e. The van der Waals surface area contributed by atoms with Gasteiger partial charge in [-0.05, 0) is 24.3 Å². The standard InChI is InChI=1S/C10H4F2N2/c11-8-3-4-9-7(10(8)12)2-1-6(5-13)14-9/h1-4H. The molecule has 0 bridgehead atoms. The Morgan fingerprint density at radius 2 is 1.93 bits per heavy atom. The first kappa shape index (κ1) is 8.57. The van der Waals surface area contributed by atoms with Gasteiger partial charge in [-0.15, -0.1) is 0 Å². The van der Waals surface area contributed by atoms with Crippen molar-refractivity contribution in [3.8, 4) is 6.07 Å². The van der Waals surface area contributed by atoms with Crippen LogP contribution in [0.5, 0.6) is 0 Å². The molecular weight excluding hydrogens is 186 g/mol. The van der Waals surface area contributed by atoms with Gasteiger partial charge in [0.25, 0.3) is 0 Å². The SMILES string of the molecule is N#Cc1ccc2c(F)c(F)ccc2n1. The van der Waals surface area contributed by atoms with Crippen molar-refractivity contribution >= 4 is 10.9 Å². The van der Waals surface area contributed by atoms with Crippen LogP contribution in [0.25, 0.3) is 10.9 Å². The Morgan fingerprint density at radius 3 is 2.64 bits per heavy atom. The van der Waals surface area contributed by atoms with E-state index in [1.807, 2.05) is 6.07 Å². The molecule has 0 aliphatic rings. The molecule has 2 rings (SSSR count). The van der Waals surface area contributed by atoms with Crippen molar-refractivity contribution in [3.63, 3.8) is 0 Å². The third-order valence-electron chi connectivity index (χ3n) is 1.87. The van der Waals surface area contributed by atoms with Gasteiger partial charge in [-0.25, -0.2) is 13.8 Å². The summed E-state index contributed by atoms with van der Waals surface area (Å²) in [5, 5.41) is 8.63. The van der Waals surface area contributed by atoms with Crippen LogP contribution in [0.15, 0.2) is 24.3 Å². The lowest BCUT2D eigenvalue weighted by Crippen LogP contribution is -1.90.